The number of ether oxygens (including phenoxy) is 1. The molecule has 3 aliphatic heterocycles. The van der Waals surface area contributed by atoms with Crippen molar-refractivity contribution in [1.29, 1.82) is 0 Å². The average molecular weight is 276 g/mol. The Balaban J connectivity index is 1.68. The number of nitrogens with zero attached hydrogens (tertiary/aromatic N) is 4. The van der Waals surface area contributed by atoms with E-state index >= 15 is 0 Å². The standard InChI is InChI=1S/C13H16N4O3/c1-15-5-3-14-11(15)12(19)16-4-2-13-9(16)8-10(18)17(13)6-7-20-13/h3,5,9H,2,4,6-8H2,1H3/t9-,13+/m1/s1. The maximum atomic E-state index is 12.6. The van der Waals surface area contributed by atoms with Gasteiger partial charge in [-0.1, -0.05) is 0 Å². The fourth-order valence-corrected chi connectivity index (χ4v) is 3.73. The average Bonchev–Trinajstić information content (AvgIpc) is 3.13. The van der Waals surface area contributed by atoms with Crippen molar-refractivity contribution in [2.45, 2.75) is 24.6 Å². The summed E-state index contributed by atoms with van der Waals surface area (Å²) in [7, 11) is 1.80. The van der Waals surface area contributed by atoms with Crippen LogP contribution in [0.3, 0.4) is 0 Å². The number of carbonyl (C=O) groups excluding carboxylic acids is 2. The largest absolute Gasteiger partial charge is 0.351 e. The molecule has 0 N–H and O–H groups in total. The fourth-order valence-electron chi connectivity index (χ4n) is 3.73. The third-order valence-electron chi connectivity index (χ3n) is 4.67. The lowest BCUT2D eigenvalue weighted by Crippen LogP contribution is -2.49. The monoisotopic (exact) mass is 276 g/mol. The number of amides is 2. The maximum Gasteiger partial charge on any atom is 0.290 e. The summed E-state index contributed by atoms with van der Waals surface area (Å²) in [5.74, 6) is 0.375. The Kier molecular flexibility index (Phi) is 2.27. The van der Waals surface area contributed by atoms with Crippen molar-refractivity contribution in [3.05, 3.63) is 18.2 Å². The topological polar surface area (TPSA) is 67.7 Å². The molecule has 7 nitrogen and oxygen atoms in total. The van der Waals surface area contributed by atoms with Gasteiger partial charge in [0, 0.05) is 39.0 Å². The summed E-state index contributed by atoms with van der Waals surface area (Å²) in [5, 5.41) is 0. The molecule has 0 radical (unpaired) electrons. The summed E-state index contributed by atoms with van der Waals surface area (Å²) >= 11 is 0. The molecule has 4 rings (SSSR count). The Bertz CT molecular complexity index is 598. The van der Waals surface area contributed by atoms with Gasteiger partial charge in [-0.05, 0) is 0 Å². The van der Waals surface area contributed by atoms with Gasteiger partial charge < -0.3 is 19.1 Å². The fraction of sp³-hybridized carbons (Fsp3) is 0.615. The van der Waals surface area contributed by atoms with Crippen LogP contribution in [0.1, 0.15) is 23.5 Å². The van der Waals surface area contributed by atoms with Gasteiger partial charge in [0.2, 0.25) is 5.91 Å². The van der Waals surface area contributed by atoms with Crippen LogP contribution in [0.25, 0.3) is 0 Å². The van der Waals surface area contributed by atoms with Gasteiger partial charge in [0.25, 0.3) is 5.91 Å². The number of aromatic nitrogens is 2. The second kappa shape index (κ2) is 3.82. The molecule has 3 aliphatic rings. The van der Waals surface area contributed by atoms with Gasteiger partial charge in [-0.3, -0.25) is 9.59 Å². The highest BCUT2D eigenvalue weighted by Gasteiger charge is 2.63. The van der Waals surface area contributed by atoms with Gasteiger partial charge in [0.1, 0.15) is 0 Å². The normalized spacial score (nSPS) is 31.9. The van der Waals surface area contributed by atoms with Gasteiger partial charge in [-0.2, -0.15) is 0 Å². The van der Waals surface area contributed by atoms with Crippen LogP contribution in [-0.4, -0.2) is 62.6 Å². The second-order valence-corrected chi connectivity index (χ2v) is 5.57. The van der Waals surface area contributed by atoms with E-state index < -0.39 is 5.72 Å². The smallest absolute Gasteiger partial charge is 0.290 e. The van der Waals surface area contributed by atoms with Crippen molar-refractivity contribution in [2.24, 2.45) is 7.05 Å². The quantitative estimate of drug-likeness (QED) is 0.699. The van der Waals surface area contributed by atoms with Crippen LogP contribution in [0.5, 0.6) is 0 Å². The summed E-state index contributed by atoms with van der Waals surface area (Å²) in [6.07, 6.45) is 4.41. The zero-order valence-electron chi connectivity index (χ0n) is 11.3. The predicted molar refractivity (Wildman–Crippen MR) is 67.7 cm³/mol. The first-order valence-corrected chi connectivity index (χ1v) is 6.86. The van der Waals surface area contributed by atoms with Crippen molar-refractivity contribution in [2.75, 3.05) is 19.7 Å². The summed E-state index contributed by atoms with van der Waals surface area (Å²) < 4.78 is 7.58. The summed E-state index contributed by atoms with van der Waals surface area (Å²) in [6, 6.07) is -0.179. The van der Waals surface area contributed by atoms with E-state index in [9.17, 15) is 9.59 Å². The summed E-state index contributed by atoms with van der Waals surface area (Å²) in [4.78, 5) is 32.4. The van der Waals surface area contributed by atoms with Crippen LogP contribution >= 0.6 is 0 Å². The van der Waals surface area contributed by atoms with Crippen LogP contribution in [-0.2, 0) is 16.6 Å². The molecule has 1 aromatic heterocycles. The van der Waals surface area contributed by atoms with Crippen molar-refractivity contribution >= 4 is 11.8 Å². The van der Waals surface area contributed by atoms with Gasteiger partial charge >= 0.3 is 0 Å². The number of likely N-dealkylation sites (tertiary alicyclic amines) is 1. The van der Waals surface area contributed by atoms with Crippen LogP contribution < -0.4 is 0 Å². The Morgan fingerprint density at radius 3 is 3.10 bits per heavy atom. The number of imidazole rings is 1. The molecule has 1 spiro atoms. The first-order chi connectivity index (χ1) is 9.63. The molecule has 0 unspecified atom stereocenters. The molecule has 7 heteroatoms. The first kappa shape index (κ1) is 11.9. The number of rotatable bonds is 1. The van der Waals surface area contributed by atoms with E-state index in [4.69, 9.17) is 4.74 Å². The Hall–Kier alpha value is -1.89. The minimum atomic E-state index is -0.572. The number of carbonyl (C=O) groups is 2. The van der Waals surface area contributed by atoms with Gasteiger partial charge in [-0.25, -0.2) is 4.98 Å². The van der Waals surface area contributed by atoms with E-state index in [-0.39, 0.29) is 17.9 Å². The predicted octanol–water partition coefficient (Wildman–Crippen LogP) is -0.407. The Morgan fingerprint density at radius 1 is 1.50 bits per heavy atom. The molecule has 20 heavy (non-hydrogen) atoms. The minimum Gasteiger partial charge on any atom is -0.351 e. The molecule has 0 aromatic carbocycles. The Labute approximate surface area is 116 Å². The highest BCUT2D eigenvalue weighted by atomic mass is 16.5. The van der Waals surface area contributed by atoms with Crippen molar-refractivity contribution < 1.29 is 14.3 Å². The van der Waals surface area contributed by atoms with Crippen LogP contribution in [0.15, 0.2) is 12.4 Å². The summed E-state index contributed by atoms with van der Waals surface area (Å²) in [5.41, 5.74) is -0.572. The lowest BCUT2D eigenvalue weighted by Gasteiger charge is -2.31. The lowest BCUT2D eigenvalue weighted by atomic mass is 10.1. The molecule has 4 heterocycles. The molecule has 106 valence electrons. The molecule has 1 aromatic rings. The molecule has 0 saturated carbocycles. The van der Waals surface area contributed by atoms with Gasteiger partial charge in [0.05, 0.1) is 19.1 Å². The van der Waals surface area contributed by atoms with Crippen LogP contribution in [0.2, 0.25) is 0 Å². The van der Waals surface area contributed by atoms with Gasteiger partial charge in [0.15, 0.2) is 11.5 Å². The maximum absolute atomic E-state index is 12.6. The van der Waals surface area contributed by atoms with Crippen molar-refractivity contribution in [3.63, 3.8) is 0 Å². The highest BCUT2D eigenvalue weighted by molar-refractivity contribution is 5.93. The SMILES string of the molecule is Cn1ccnc1C(=O)N1CC[C@@]23OCCN2C(=O)C[C@@H]13. The van der Waals surface area contributed by atoms with Gasteiger partial charge in [-0.15, -0.1) is 0 Å². The molecule has 3 fully saturated rings. The Morgan fingerprint density at radius 2 is 2.35 bits per heavy atom. The number of aryl methyl sites for hydroxylation is 1. The molecule has 3 saturated heterocycles. The third kappa shape index (κ3) is 1.30. The van der Waals surface area contributed by atoms with E-state index in [0.29, 0.717) is 38.4 Å². The van der Waals surface area contributed by atoms with E-state index in [1.54, 1.807) is 28.9 Å². The third-order valence-corrected chi connectivity index (χ3v) is 4.67. The van der Waals surface area contributed by atoms with E-state index in [0.717, 1.165) is 0 Å². The zero-order valence-corrected chi connectivity index (χ0v) is 11.3. The van der Waals surface area contributed by atoms with E-state index in [2.05, 4.69) is 4.98 Å². The lowest BCUT2D eigenvalue weighted by molar-refractivity contribution is -0.136. The molecular weight excluding hydrogens is 260 g/mol. The molecule has 0 aliphatic carbocycles. The van der Waals surface area contributed by atoms with Crippen molar-refractivity contribution in [1.82, 2.24) is 19.4 Å². The number of hydrogen-bond donors (Lipinski definition) is 0. The zero-order chi connectivity index (χ0) is 13.9. The second-order valence-electron chi connectivity index (χ2n) is 5.57. The number of hydrogen-bond acceptors (Lipinski definition) is 4. The van der Waals surface area contributed by atoms with E-state index in [1.165, 1.54) is 0 Å². The molecule has 2 amide bonds. The minimum absolute atomic E-state index is 0.0878. The van der Waals surface area contributed by atoms with Crippen molar-refractivity contribution in [3.8, 4) is 0 Å². The summed E-state index contributed by atoms with van der Waals surface area (Å²) in [6.45, 7) is 1.81. The molecule has 2 atom stereocenters. The van der Waals surface area contributed by atoms with Crippen LogP contribution in [0, 0.1) is 0 Å². The highest BCUT2D eigenvalue weighted by Crippen LogP contribution is 2.45. The molecule has 0 bridgehead atoms. The van der Waals surface area contributed by atoms with E-state index in [1.807, 2.05) is 4.90 Å². The first-order valence-electron chi connectivity index (χ1n) is 6.86. The van der Waals surface area contributed by atoms with Crippen LogP contribution in [0.4, 0.5) is 0 Å². The molecular formula is C13H16N4O3.